The van der Waals surface area contributed by atoms with E-state index in [1.165, 1.54) is 0 Å². The molecule has 0 radical (unpaired) electrons. The van der Waals surface area contributed by atoms with E-state index in [4.69, 9.17) is 0 Å². The summed E-state index contributed by atoms with van der Waals surface area (Å²) in [6.07, 6.45) is 3.44. The zero-order chi connectivity index (χ0) is 24.1. The van der Waals surface area contributed by atoms with Crippen LogP contribution in [0.5, 0.6) is 0 Å². The van der Waals surface area contributed by atoms with E-state index < -0.39 is 29.9 Å². The van der Waals surface area contributed by atoms with E-state index >= 15 is 0 Å². The molecule has 0 saturated heterocycles. The molecule has 7 nitrogen and oxygen atoms in total. The van der Waals surface area contributed by atoms with Crippen LogP contribution >= 0.6 is 34.4 Å². The summed E-state index contributed by atoms with van der Waals surface area (Å²) in [5.41, 5.74) is 1.78. The molecule has 3 N–H and O–H groups in total. The van der Waals surface area contributed by atoms with Crippen LogP contribution in [0.4, 0.5) is 0 Å². The lowest BCUT2D eigenvalue weighted by Gasteiger charge is -2.24. The molecule has 9 heteroatoms. The number of hydrogen-bond donors (Lipinski definition) is 3. The number of nitrogens with one attached hydrogen (secondary N) is 3. The molecule has 2 aromatic rings. The molecule has 0 fully saturated rings. The molecular formula is C24H28IN3O4S. The predicted molar refractivity (Wildman–Crippen MR) is 139 cm³/mol. The van der Waals surface area contributed by atoms with Crippen molar-refractivity contribution < 1.29 is 19.2 Å². The summed E-state index contributed by atoms with van der Waals surface area (Å²) in [6.45, 7) is 0. The number of halogens is 1. The van der Waals surface area contributed by atoms with Crippen molar-refractivity contribution in [1.29, 1.82) is 0 Å². The largest absolute Gasteiger partial charge is 0.347 e. The van der Waals surface area contributed by atoms with Crippen LogP contribution in [0.1, 0.15) is 17.5 Å². The number of benzene rings is 2. The van der Waals surface area contributed by atoms with Gasteiger partial charge in [0, 0.05) is 35.4 Å². The minimum absolute atomic E-state index is 0.199. The minimum atomic E-state index is -0.904. The zero-order valence-corrected chi connectivity index (χ0v) is 21.3. The van der Waals surface area contributed by atoms with E-state index in [1.54, 1.807) is 34.4 Å². The van der Waals surface area contributed by atoms with Gasteiger partial charge in [0.05, 0.1) is 0 Å². The SMILES string of the molecule is CSCC[C@H](NC=O)C(=O)N[C@@H](Cc1ccccc1)C(=O)N[C@@H](Cc1ccccc1)C(=O)I. The van der Waals surface area contributed by atoms with Gasteiger partial charge in [-0.1, -0.05) is 60.7 Å². The Balaban J connectivity index is 2.18. The van der Waals surface area contributed by atoms with Crippen LogP contribution in [0.25, 0.3) is 0 Å². The summed E-state index contributed by atoms with van der Waals surface area (Å²) in [5.74, 6) is -0.211. The molecule has 3 amide bonds. The second-order valence-electron chi connectivity index (χ2n) is 7.42. The summed E-state index contributed by atoms with van der Waals surface area (Å²) < 4.78 is -0.199. The first-order valence-corrected chi connectivity index (χ1v) is 13.0. The first kappa shape index (κ1) is 26.8. The van der Waals surface area contributed by atoms with Gasteiger partial charge in [0.15, 0.2) is 0 Å². The Bertz CT molecular complexity index is 914. The maximum atomic E-state index is 13.2. The van der Waals surface area contributed by atoms with Crippen molar-refractivity contribution in [2.24, 2.45) is 0 Å². The van der Waals surface area contributed by atoms with Gasteiger partial charge in [-0.25, -0.2) is 0 Å². The van der Waals surface area contributed by atoms with Gasteiger partial charge in [-0.05, 0) is 29.6 Å². The fraction of sp³-hybridized carbons (Fsp3) is 0.333. The van der Waals surface area contributed by atoms with Crippen LogP contribution < -0.4 is 16.0 Å². The fourth-order valence-corrected chi connectivity index (χ4v) is 4.10. The smallest absolute Gasteiger partial charge is 0.243 e. The lowest BCUT2D eigenvalue weighted by atomic mass is 10.0. The highest BCUT2D eigenvalue weighted by Gasteiger charge is 2.28. The number of thioether (sulfide) groups is 1. The molecule has 176 valence electrons. The second-order valence-corrected chi connectivity index (χ2v) is 9.47. The Morgan fingerprint density at radius 1 is 0.848 bits per heavy atom. The van der Waals surface area contributed by atoms with Crippen molar-refractivity contribution in [3.8, 4) is 0 Å². The molecule has 0 saturated carbocycles. The van der Waals surface area contributed by atoms with Crippen molar-refractivity contribution in [2.45, 2.75) is 37.4 Å². The summed E-state index contributed by atoms with van der Waals surface area (Å²) in [7, 11) is 0. The summed E-state index contributed by atoms with van der Waals surface area (Å²) in [6, 6.07) is 16.4. The molecule has 0 unspecified atom stereocenters. The minimum Gasteiger partial charge on any atom is -0.347 e. The molecule has 2 aromatic carbocycles. The highest BCUT2D eigenvalue weighted by atomic mass is 127. The first-order valence-electron chi connectivity index (χ1n) is 10.5. The van der Waals surface area contributed by atoms with Crippen molar-refractivity contribution >= 4 is 56.4 Å². The normalized spacial score (nSPS) is 13.3. The summed E-state index contributed by atoms with van der Waals surface area (Å²) in [4.78, 5) is 49.3. The average Bonchev–Trinajstić information content (AvgIpc) is 2.82. The zero-order valence-electron chi connectivity index (χ0n) is 18.3. The Morgan fingerprint density at radius 3 is 1.82 bits per heavy atom. The third-order valence-corrected chi connectivity index (χ3v) is 6.38. The van der Waals surface area contributed by atoms with E-state index in [0.29, 0.717) is 25.0 Å². The van der Waals surface area contributed by atoms with Crippen LogP contribution in [0.2, 0.25) is 0 Å². The number of carbonyl (C=O) groups is 4. The fourth-order valence-electron chi connectivity index (χ4n) is 3.25. The Morgan fingerprint density at radius 2 is 1.33 bits per heavy atom. The van der Waals surface area contributed by atoms with Crippen molar-refractivity contribution in [1.82, 2.24) is 16.0 Å². The van der Waals surface area contributed by atoms with Crippen molar-refractivity contribution in [2.75, 3.05) is 12.0 Å². The van der Waals surface area contributed by atoms with Gasteiger partial charge in [-0.2, -0.15) is 11.8 Å². The van der Waals surface area contributed by atoms with E-state index in [2.05, 4.69) is 16.0 Å². The van der Waals surface area contributed by atoms with Crippen LogP contribution in [0, 0.1) is 0 Å². The molecule has 2 rings (SSSR count). The van der Waals surface area contributed by atoms with Crippen molar-refractivity contribution in [3.63, 3.8) is 0 Å². The maximum Gasteiger partial charge on any atom is 0.243 e. The topological polar surface area (TPSA) is 104 Å². The third-order valence-electron chi connectivity index (χ3n) is 4.99. The molecule has 0 aliphatic rings. The lowest BCUT2D eigenvalue weighted by Crippen LogP contribution is -2.55. The van der Waals surface area contributed by atoms with Gasteiger partial charge in [-0.15, -0.1) is 0 Å². The van der Waals surface area contributed by atoms with Crippen LogP contribution in [0.15, 0.2) is 60.7 Å². The number of carbonyl (C=O) groups excluding carboxylic acids is 4. The van der Waals surface area contributed by atoms with Gasteiger partial charge < -0.3 is 16.0 Å². The lowest BCUT2D eigenvalue weighted by molar-refractivity contribution is -0.131. The number of hydrogen-bond acceptors (Lipinski definition) is 5. The van der Waals surface area contributed by atoms with E-state index in [-0.39, 0.29) is 10.2 Å². The van der Waals surface area contributed by atoms with Gasteiger partial charge in [0.1, 0.15) is 18.1 Å². The van der Waals surface area contributed by atoms with E-state index in [1.807, 2.05) is 66.9 Å². The third kappa shape index (κ3) is 9.55. The van der Waals surface area contributed by atoms with Crippen LogP contribution in [-0.4, -0.2) is 52.1 Å². The summed E-state index contributed by atoms with van der Waals surface area (Å²) >= 11 is 3.24. The van der Waals surface area contributed by atoms with E-state index in [0.717, 1.165) is 11.1 Å². The quantitative estimate of drug-likeness (QED) is 0.181. The van der Waals surface area contributed by atoms with Crippen LogP contribution in [-0.2, 0) is 32.0 Å². The maximum absolute atomic E-state index is 13.2. The van der Waals surface area contributed by atoms with Crippen LogP contribution in [0.3, 0.4) is 0 Å². The standard InChI is InChI=1S/C24H28IN3O4S/c1-33-13-12-19(26-16-29)23(31)28-21(15-18-10-6-3-7-11-18)24(32)27-20(22(25)30)14-17-8-4-2-5-9-17/h2-11,16,19-21H,12-15H2,1H3,(H,26,29)(H,27,32)(H,28,31)/t19-,20-,21-/m0/s1. The molecule has 0 heterocycles. The van der Waals surface area contributed by atoms with Gasteiger partial charge in [-0.3, -0.25) is 19.2 Å². The number of rotatable bonds is 14. The van der Waals surface area contributed by atoms with Crippen molar-refractivity contribution in [3.05, 3.63) is 71.8 Å². The highest BCUT2D eigenvalue weighted by molar-refractivity contribution is 14.1. The molecule has 3 atom stereocenters. The molecule has 0 aliphatic heterocycles. The van der Waals surface area contributed by atoms with E-state index in [9.17, 15) is 19.2 Å². The van der Waals surface area contributed by atoms with Gasteiger partial charge >= 0.3 is 0 Å². The Hall–Kier alpha value is -2.40. The molecule has 0 aromatic heterocycles. The Labute approximate surface area is 212 Å². The molecule has 0 bridgehead atoms. The first-order chi connectivity index (χ1) is 15.9. The molecule has 0 spiro atoms. The molecule has 33 heavy (non-hydrogen) atoms. The monoisotopic (exact) mass is 581 g/mol. The second kappa shape index (κ2) is 14.7. The number of amides is 3. The average molecular weight is 581 g/mol. The molecular weight excluding hydrogens is 553 g/mol. The summed E-state index contributed by atoms with van der Waals surface area (Å²) in [5, 5.41) is 8.10. The van der Waals surface area contributed by atoms with Gasteiger partial charge in [0.25, 0.3) is 0 Å². The van der Waals surface area contributed by atoms with Gasteiger partial charge in [0.2, 0.25) is 22.0 Å². The predicted octanol–water partition coefficient (Wildman–Crippen LogP) is 2.27. The Kier molecular flexibility index (Phi) is 12.0. The molecule has 0 aliphatic carbocycles. The highest BCUT2D eigenvalue weighted by Crippen LogP contribution is 2.10.